The molecule has 2 nitrogen and oxygen atoms in total. The lowest BCUT2D eigenvalue weighted by Gasteiger charge is -2.03. The minimum Gasteiger partial charge on any atom is -0.441 e. The first-order chi connectivity index (χ1) is 11.3. The number of nitrogens with zero attached hydrogens (tertiary/aromatic N) is 1. The Bertz CT molecular complexity index is 823. The van der Waals surface area contributed by atoms with Crippen molar-refractivity contribution in [2.24, 2.45) is 0 Å². The highest BCUT2D eigenvalue weighted by atomic mass is 32.2. The molecule has 1 aliphatic rings. The summed E-state index contributed by atoms with van der Waals surface area (Å²) in [5.41, 5.74) is 5.12. The van der Waals surface area contributed by atoms with Crippen LogP contribution in [0.1, 0.15) is 29.0 Å². The van der Waals surface area contributed by atoms with Gasteiger partial charge in [-0.25, -0.2) is 4.98 Å². The van der Waals surface area contributed by atoms with Crippen LogP contribution < -0.4 is 0 Å². The van der Waals surface area contributed by atoms with Crippen molar-refractivity contribution in [2.75, 3.05) is 0 Å². The lowest BCUT2D eigenvalue weighted by atomic mass is 10.1. The molecule has 0 saturated heterocycles. The van der Waals surface area contributed by atoms with E-state index in [1.165, 1.54) is 35.3 Å². The van der Waals surface area contributed by atoms with Gasteiger partial charge in [-0.2, -0.15) is 0 Å². The van der Waals surface area contributed by atoms with Gasteiger partial charge in [0.05, 0.1) is 5.69 Å². The zero-order chi connectivity index (χ0) is 15.6. The second kappa shape index (κ2) is 6.25. The van der Waals surface area contributed by atoms with Crippen molar-refractivity contribution in [1.29, 1.82) is 0 Å². The Morgan fingerprint density at radius 3 is 2.74 bits per heavy atom. The first-order valence-electron chi connectivity index (χ1n) is 8.06. The normalized spacial score (nSPS) is 13.3. The highest BCUT2D eigenvalue weighted by Crippen LogP contribution is 2.31. The van der Waals surface area contributed by atoms with Crippen LogP contribution in [0, 0.1) is 6.92 Å². The lowest BCUT2D eigenvalue weighted by molar-refractivity contribution is 0.540. The van der Waals surface area contributed by atoms with E-state index in [2.05, 4.69) is 23.2 Å². The highest BCUT2D eigenvalue weighted by molar-refractivity contribution is 7.98. The second-order valence-corrected chi connectivity index (χ2v) is 7.01. The molecule has 0 amide bonds. The molecule has 1 aliphatic carbocycles. The van der Waals surface area contributed by atoms with Gasteiger partial charge in [0.2, 0.25) is 5.89 Å². The zero-order valence-corrected chi connectivity index (χ0v) is 14.0. The number of thioether (sulfide) groups is 1. The number of fused-ring (bicyclic) bond motifs is 1. The average Bonchev–Trinajstić information content (AvgIpc) is 3.19. The fourth-order valence-electron chi connectivity index (χ4n) is 3.06. The summed E-state index contributed by atoms with van der Waals surface area (Å²) in [7, 11) is 0. The van der Waals surface area contributed by atoms with Crippen LogP contribution >= 0.6 is 11.8 Å². The summed E-state index contributed by atoms with van der Waals surface area (Å²) < 4.78 is 5.84. The molecule has 2 aromatic carbocycles. The molecule has 0 spiro atoms. The van der Waals surface area contributed by atoms with Crippen LogP contribution in [0.3, 0.4) is 0 Å². The summed E-state index contributed by atoms with van der Waals surface area (Å²) in [6, 6.07) is 17.0. The Morgan fingerprint density at radius 2 is 1.87 bits per heavy atom. The minimum absolute atomic E-state index is 0.715. The molecular weight excluding hydrogens is 302 g/mol. The quantitative estimate of drug-likeness (QED) is 0.599. The van der Waals surface area contributed by atoms with Crippen molar-refractivity contribution >= 4 is 11.8 Å². The Balaban J connectivity index is 1.50. The van der Waals surface area contributed by atoms with Gasteiger partial charge in [0.25, 0.3) is 0 Å². The molecule has 0 aliphatic heterocycles. The maximum Gasteiger partial charge on any atom is 0.226 e. The van der Waals surface area contributed by atoms with Crippen molar-refractivity contribution in [3.05, 3.63) is 71.1 Å². The summed E-state index contributed by atoms with van der Waals surface area (Å²) in [5, 5.41) is 0. The number of benzene rings is 2. The molecule has 0 bridgehead atoms. The lowest BCUT2D eigenvalue weighted by Crippen LogP contribution is -1.86. The third-order valence-corrected chi connectivity index (χ3v) is 5.36. The molecule has 116 valence electrons. The van der Waals surface area contributed by atoms with Gasteiger partial charge < -0.3 is 4.42 Å². The molecule has 0 fully saturated rings. The number of hydrogen-bond donors (Lipinski definition) is 0. The van der Waals surface area contributed by atoms with Crippen LogP contribution in [0.15, 0.2) is 57.8 Å². The fraction of sp³-hybridized carbons (Fsp3) is 0.250. The monoisotopic (exact) mass is 321 g/mol. The predicted molar refractivity (Wildman–Crippen MR) is 94.7 cm³/mol. The molecule has 0 N–H and O–H groups in total. The molecule has 1 aromatic heterocycles. The van der Waals surface area contributed by atoms with Crippen LogP contribution in [-0.2, 0) is 18.6 Å². The number of aromatic nitrogens is 1. The molecule has 3 heteroatoms. The molecule has 0 radical (unpaired) electrons. The third-order valence-electron chi connectivity index (χ3n) is 4.36. The van der Waals surface area contributed by atoms with Gasteiger partial charge in [-0.05, 0) is 61.6 Å². The summed E-state index contributed by atoms with van der Waals surface area (Å²) in [6.45, 7) is 2.00. The summed E-state index contributed by atoms with van der Waals surface area (Å²) in [6.07, 6.45) is 3.76. The molecule has 0 unspecified atom stereocenters. The van der Waals surface area contributed by atoms with E-state index in [-0.39, 0.29) is 0 Å². The number of aryl methyl sites for hydroxylation is 3. The Hall–Kier alpha value is -2.00. The van der Waals surface area contributed by atoms with Crippen LogP contribution in [-0.4, -0.2) is 4.98 Å². The Labute approximate surface area is 141 Å². The summed E-state index contributed by atoms with van der Waals surface area (Å²) in [4.78, 5) is 6.01. The summed E-state index contributed by atoms with van der Waals surface area (Å²) in [5.74, 6) is 2.48. The van der Waals surface area contributed by atoms with Crippen LogP contribution in [0.2, 0.25) is 0 Å². The van der Waals surface area contributed by atoms with E-state index in [0.717, 1.165) is 22.8 Å². The maximum absolute atomic E-state index is 5.84. The molecule has 23 heavy (non-hydrogen) atoms. The highest BCUT2D eigenvalue weighted by Gasteiger charge is 2.13. The number of hydrogen-bond acceptors (Lipinski definition) is 3. The standard InChI is InChI=1S/C20H19NOS/c1-14-19(21-20(22-14)16-6-3-2-4-7-16)13-23-18-11-10-15-8-5-9-17(15)12-18/h2-4,6-7,10-12H,5,8-9,13H2,1H3. The molecule has 1 heterocycles. The molecule has 4 rings (SSSR count). The summed E-state index contributed by atoms with van der Waals surface area (Å²) >= 11 is 1.84. The van der Waals surface area contributed by atoms with Gasteiger partial charge in [0.15, 0.2) is 0 Å². The second-order valence-electron chi connectivity index (χ2n) is 5.96. The minimum atomic E-state index is 0.715. The van der Waals surface area contributed by atoms with E-state index >= 15 is 0 Å². The van der Waals surface area contributed by atoms with E-state index < -0.39 is 0 Å². The van der Waals surface area contributed by atoms with Crippen LogP contribution in [0.4, 0.5) is 0 Å². The number of oxazole rings is 1. The van der Waals surface area contributed by atoms with E-state index in [1.54, 1.807) is 0 Å². The fourth-order valence-corrected chi connectivity index (χ4v) is 4.02. The number of rotatable bonds is 4. The topological polar surface area (TPSA) is 26.0 Å². The SMILES string of the molecule is Cc1oc(-c2ccccc2)nc1CSc1ccc2c(c1)CCC2. The zero-order valence-electron chi connectivity index (χ0n) is 13.2. The van der Waals surface area contributed by atoms with E-state index in [4.69, 9.17) is 4.42 Å². The molecule has 3 aromatic rings. The third kappa shape index (κ3) is 3.06. The Morgan fingerprint density at radius 1 is 1.04 bits per heavy atom. The van der Waals surface area contributed by atoms with E-state index in [9.17, 15) is 0 Å². The molecule has 0 atom stereocenters. The first kappa shape index (κ1) is 14.6. The van der Waals surface area contributed by atoms with E-state index in [1.807, 2.05) is 49.0 Å². The average molecular weight is 321 g/mol. The van der Waals surface area contributed by atoms with Crippen LogP contribution in [0.5, 0.6) is 0 Å². The molecular formula is C20H19NOS. The van der Waals surface area contributed by atoms with Gasteiger partial charge in [-0.15, -0.1) is 11.8 Å². The van der Waals surface area contributed by atoms with Gasteiger partial charge >= 0.3 is 0 Å². The van der Waals surface area contributed by atoms with Crippen molar-refractivity contribution in [2.45, 2.75) is 36.8 Å². The van der Waals surface area contributed by atoms with Gasteiger partial charge in [0, 0.05) is 16.2 Å². The smallest absolute Gasteiger partial charge is 0.226 e. The largest absolute Gasteiger partial charge is 0.441 e. The first-order valence-corrected chi connectivity index (χ1v) is 9.04. The van der Waals surface area contributed by atoms with Gasteiger partial charge in [-0.1, -0.05) is 24.3 Å². The van der Waals surface area contributed by atoms with Crippen LogP contribution in [0.25, 0.3) is 11.5 Å². The van der Waals surface area contributed by atoms with E-state index in [0.29, 0.717) is 5.89 Å². The van der Waals surface area contributed by atoms with Crippen molar-refractivity contribution in [1.82, 2.24) is 4.98 Å². The van der Waals surface area contributed by atoms with Crippen molar-refractivity contribution in [3.8, 4) is 11.5 Å². The maximum atomic E-state index is 5.84. The van der Waals surface area contributed by atoms with Crippen molar-refractivity contribution < 1.29 is 4.42 Å². The van der Waals surface area contributed by atoms with Gasteiger partial charge in [0.1, 0.15) is 5.76 Å². The molecule has 0 saturated carbocycles. The van der Waals surface area contributed by atoms with Crippen molar-refractivity contribution in [3.63, 3.8) is 0 Å². The van der Waals surface area contributed by atoms with Gasteiger partial charge in [-0.3, -0.25) is 0 Å². The Kier molecular flexibility index (Phi) is 3.96. The predicted octanol–water partition coefficient (Wildman–Crippen LogP) is 5.43.